The van der Waals surface area contributed by atoms with E-state index in [0.717, 1.165) is 7.11 Å². The van der Waals surface area contributed by atoms with Crippen LogP contribution in [0.3, 0.4) is 0 Å². The van der Waals surface area contributed by atoms with Crippen LogP contribution < -0.4 is 0 Å². The van der Waals surface area contributed by atoms with Crippen LogP contribution in [0.5, 0.6) is 5.75 Å². The second kappa shape index (κ2) is 5.05. The van der Waals surface area contributed by atoms with Gasteiger partial charge in [-0.1, -0.05) is 11.6 Å². The van der Waals surface area contributed by atoms with Gasteiger partial charge in [-0.05, 0) is 18.6 Å². The molecule has 0 aromatic heterocycles. The summed E-state index contributed by atoms with van der Waals surface area (Å²) in [5.41, 5.74) is 0.0209. The van der Waals surface area contributed by atoms with E-state index in [2.05, 4.69) is 9.47 Å². The number of carbonyl (C=O) groups excluding carboxylic acids is 2. The topological polar surface area (TPSA) is 72.8 Å². The molecule has 0 saturated carbocycles. The molecule has 6 heteroatoms. The molecule has 0 fully saturated rings. The predicted molar refractivity (Wildman–Crippen MR) is 60.5 cm³/mol. The average molecular weight is 259 g/mol. The standard InChI is InChI=1S/C11H11ClO5/c1-5-7(12)4-6(10(14)16-2)9(13)8(5)11(15)17-3/h4,13H,1-3H3. The highest BCUT2D eigenvalue weighted by Gasteiger charge is 2.24. The number of phenols is 1. The fourth-order valence-corrected chi connectivity index (χ4v) is 1.56. The Hall–Kier alpha value is -1.75. The Labute approximate surface area is 103 Å². The SMILES string of the molecule is COC(=O)c1cc(Cl)c(C)c(C(=O)OC)c1O. The molecule has 0 aliphatic heterocycles. The van der Waals surface area contributed by atoms with Gasteiger partial charge in [-0.15, -0.1) is 0 Å². The van der Waals surface area contributed by atoms with E-state index < -0.39 is 17.7 Å². The highest BCUT2D eigenvalue weighted by molar-refractivity contribution is 6.32. The molecule has 1 N–H and O–H groups in total. The lowest BCUT2D eigenvalue weighted by atomic mass is 10.0. The number of hydrogen-bond donors (Lipinski definition) is 1. The lowest BCUT2D eigenvalue weighted by Gasteiger charge is -2.11. The van der Waals surface area contributed by atoms with E-state index in [9.17, 15) is 14.7 Å². The molecular formula is C11H11ClO5. The summed E-state index contributed by atoms with van der Waals surface area (Å²) in [6, 6.07) is 1.24. The molecule has 0 aliphatic carbocycles. The number of carbonyl (C=O) groups is 2. The van der Waals surface area contributed by atoms with E-state index in [1.165, 1.54) is 20.1 Å². The quantitative estimate of drug-likeness (QED) is 0.821. The first kappa shape index (κ1) is 13.3. The van der Waals surface area contributed by atoms with Gasteiger partial charge in [-0.3, -0.25) is 0 Å². The van der Waals surface area contributed by atoms with Crippen LogP contribution in [0.4, 0.5) is 0 Å². The fourth-order valence-electron chi connectivity index (χ4n) is 1.35. The van der Waals surface area contributed by atoms with Crippen LogP contribution in [-0.2, 0) is 9.47 Å². The lowest BCUT2D eigenvalue weighted by Crippen LogP contribution is -2.10. The number of esters is 2. The van der Waals surface area contributed by atoms with Crippen molar-refractivity contribution in [1.82, 2.24) is 0 Å². The molecule has 5 nitrogen and oxygen atoms in total. The molecule has 0 saturated heterocycles. The minimum absolute atomic E-state index is 0.139. The maximum atomic E-state index is 11.5. The van der Waals surface area contributed by atoms with Crippen LogP contribution in [0.25, 0.3) is 0 Å². The summed E-state index contributed by atoms with van der Waals surface area (Å²) < 4.78 is 8.98. The van der Waals surface area contributed by atoms with Gasteiger partial charge in [-0.25, -0.2) is 9.59 Å². The van der Waals surface area contributed by atoms with E-state index in [0.29, 0.717) is 5.56 Å². The fraction of sp³-hybridized carbons (Fsp3) is 0.273. The van der Waals surface area contributed by atoms with Crippen LogP contribution >= 0.6 is 11.6 Å². The van der Waals surface area contributed by atoms with Crippen LogP contribution in [0.15, 0.2) is 6.07 Å². The minimum atomic E-state index is -0.783. The normalized spacial score (nSPS) is 9.88. The van der Waals surface area contributed by atoms with Gasteiger partial charge in [-0.2, -0.15) is 0 Å². The van der Waals surface area contributed by atoms with E-state index in [1.807, 2.05) is 0 Å². The molecule has 1 aromatic carbocycles. The predicted octanol–water partition coefficient (Wildman–Crippen LogP) is 1.93. The highest BCUT2D eigenvalue weighted by Crippen LogP contribution is 2.32. The van der Waals surface area contributed by atoms with Crippen LogP contribution in [-0.4, -0.2) is 31.3 Å². The monoisotopic (exact) mass is 258 g/mol. The first-order valence-electron chi connectivity index (χ1n) is 4.62. The Balaban J connectivity index is 3.53. The molecule has 0 radical (unpaired) electrons. The second-order valence-corrected chi connectivity index (χ2v) is 3.64. The molecule has 0 heterocycles. The average Bonchev–Trinajstić information content (AvgIpc) is 2.32. The van der Waals surface area contributed by atoms with Gasteiger partial charge < -0.3 is 14.6 Å². The maximum Gasteiger partial charge on any atom is 0.341 e. The number of methoxy groups -OCH3 is 2. The Bertz CT molecular complexity index is 481. The summed E-state index contributed by atoms with van der Waals surface area (Å²) in [5, 5.41) is 10.0. The van der Waals surface area contributed by atoms with Gasteiger partial charge in [0.1, 0.15) is 16.9 Å². The third-order valence-corrected chi connectivity index (χ3v) is 2.68. The largest absolute Gasteiger partial charge is 0.506 e. The number of benzene rings is 1. The molecular weight excluding hydrogens is 248 g/mol. The number of ether oxygens (including phenoxy) is 2. The number of aromatic hydroxyl groups is 1. The van der Waals surface area contributed by atoms with E-state index >= 15 is 0 Å². The molecule has 1 aromatic rings. The molecule has 17 heavy (non-hydrogen) atoms. The number of rotatable bonds is 2. The molecule has 92 valence electrons. The van der Waals surface area contributed by atoms with Crippen molar-refractivity contribution in [2.75, 3.05) is 14.2 Å². The maximum absolute atomic E-state index is 11.5. The van der Waals surface area contributed by atoms with Crippen molar-refractivity contribution in [2.45, 2.75) is 6.92 Å². The first-order chi connectivity index (χ1) is 7.93. The Morgan fingerprint density at radius 2 is 1.76 bits per heavy atom. The zero-order valence-corrected chi connectivity index (χ0v) is 10.3. The molecule has 1 rings (SSSR count). The van der Waals surface area contributed by atoms with Gasteiger partial charge in [0, 0.05) is 5.02 Å². The van der Waals surface area contributed by atoms with Crippen molar-refractivity contribution in [3.63, 3.8) is 0 Å². The zero-order valence-electron chi connectivity index (χ0n) is 9.54. The third-order valence-electron chi connectivity index (χ3n) is 2.29. The summed E-state index contributed by atoms with van der Waals surface area (Å²) in [6.45, 7) is 1.54. The van der Waals surface area contributed by atoms with Crippen LogP contribution in [0, 0.1) is 6.92 Å². The second-order valence-electron chi connectivity index (χ2n) is 3.24. The van der Waals surface area contributed by atoms with Gasteiger partial charge in [0.15, 0.2) is 0 Å². The lowest BCUT2D eigenvalue weighted by molar-refractivity contribution is 0.0592. The molecule has 0 aliphatic rings. The molecule has 0 amide bonds. The van der Waals surface area contributed by atoms with Gasteiger partial charge in [0.05, 0.1) is 14.2 Å². The van der Waals surface area contributed by atoms with Crippen molar-refractivity contribution in [1.29, 1.82) is 0 Å². The van der Waals surface area contributed by atoms with Gasteiger partial charge >= 0.3 is 11.9 Å². The van der Waals surface area contributed by atoms with Crippen molar-refractivity contribution in [2.24, 2.45) is 0 Å². The highest BCUT2D eigenvalue weighted by atomic mass is 35.5. The van der Waals surface area contributed by atoms with Crippen molar-refractivity contribution >= 4 is 23.5 Å². The van der Waals surface area contributed by atoms with Crippen molar-refractivity contribution in [3.05, 3.63) is 27.8 Å². The Morgan fingerprint density at radius 3 is 2.24 bits per heavy atom. The Kier molecular flexibility index (Phi) is 3.96. The first-order valence-corrected chi connectivity index (χ1v) is 5.00. The summed E-state index contributed by atoms with van der Waals surface area (Å²) in [7, 11) is 2.33. The minimum Gasteiger partial charge on any atom is -0.506 e. The molecule has 0 bridgehead atoms. The summed E-state index contributed by atoms with van der Waals surface area (Å²) in [4.78, 5) is 22.8. The van der Waals surface area contributed by atoms with Crippen molar-refractivity contribution in [3.8, 4) is 5.75 Å². The van der Waals surface area contributed by atoms with E-state index in [-0.39, 0.29) is 16.1 Å². The van der Waals surface area contributed by atoms with Crippen LogP contribution in [0.2, 0.25) is 5.02 Å². The number of halogens is 1. The molecule has 0 unspecified atom stereocenters. The number of hydrogen-bond acceptors (Lipinski definition) is 5. The summed E-state index contributed by atoms with van der Waals surface area (Å²) >= 11 is 5.87. The zero-order chi connectivity index (χ0) is 13.2. The number of phenolic OH excluding ortho intramolecular Hbond substituents is 1. The van der Waals surface area contributed by atoms with Crippen LogP contribution in [0.1, 0.15) is 26.3 Å². The van der Waals surface area contributed by atoms with E-state index in [1.54, 1.807) is 0 Å². The molecule has 0 spiro atoms. The summed E-state index contributed by atoms with van der Waals surface area (Å²) in [6.07, 6.45) is 0. The third kappa shape index (κ3) is 2.34. The Morgan fingerprint density at radius 1 is 1.24 bits per heavy atom. The summed E-state index contributed by atoms with van der Waals surface area (Å²) in [5.74, 6) is -2.05. The van der Waals surface area contributed by atoms with Crippen molar-refractivity contribution < 1.29 is 24.2 Å². The van der Waals surface area contributed by atoms with E-state index in [4.69, 9.17) is 11.6 Å². The molecule has 0 atom stereocenters. The van der Waals surface area contributed by atoms with Gasteiger partial charge in [0.2, 0.25) is 0 Å². The van der Waals surface area contributed by atoms with Gasteiger partial charge in [0.25, 0.3) is 0 Å². The smallest absolute Gasteiger partial charge is 0.341 e.